The van der Waals surface area contributed by atoms with E-state index in [1.807, 2.05) is 0 Å². The Morgan fingerprint density at radius 2 is 2.00 bits per heavy atom. The van der Waals surface area contributed by atoms with Crippen molar-refractivity contribution in [1.29, 1.82) is 0 Å². The molecule has 4 rings (SSSR count). The molecule has 0 bridgehead atoms. The van der Waals surface area contributed by atoms with E-state index in [2.05, 4.69) is 0 Å². The van der Waals surface area contributed by atoms with Gasteiger partial charge in [0.05, 0.1) is 17.8 Å². The highest BCUT2D eigenvalue weighted by Crippen LogP contribution is 2.71. The van der Waals surface area contributed by atoms with Crippen molar-refractivity contribution in [2.24, 2.45) is 22.7 Å². The number of allylic oxidation sites excluding steroid dienone is 4. The average Bonchev–Trinajstić information content (AvgIpc) is 3.00. The number of hydrogen-bond donors (Lipinski definition) is 2. The Labute approximate surface area is 199 Å². The van der Waals surface area contributed by atoms with Crippen molar-refractivity contribution in [2.45, 2.75) is 62.5 Å². The lowest BCUT2D eigenvalue weighted by Gasteiger charge is -2.64. The molecule has 0 radical (unpaired) electrons. The fraction of sp³-hybridized carbons (Fsp3) is 0.625. The van der Waals surface area contributed by atoms with E-state index in [1.54, 1.807) is 0 Å². The largest absolute Gasteiger partial charge is 0.458 e. The van der Waals surface area contributed by atoms with Crippen molar-refractivity contribution >= 4 is 29.1 Å². The third-order valence-electron chi connectivity index (χ3n) is 8.71. The summed E-state index contributed by atoms with van der Waals surface area (Å²) in [7, 11) is 0. The minimum Gasteiger partial charge on any atom is -0.458 e. The molecule has 0 aliphatic heterocycles. The molecule has 0 aromatic rings. The van der Waals surface area contributed by atoms with Crippen LogP contribution in [0.2, 0.25) is 0 Å². The van der Waals surface area contributed by atoms with Crippen molar-refractivity contribution < 1.29 is 42.5 Å². The van der Waals surface area contributed by atoms with Gasteiger partial charge in [-0.1, -0.05) is 13.0 Å². The van der Waals surface area contributed by atoms with Crippen LogP contribution in [0.5, 0.6) is 0 Å². The molecule has 34 heavy (non-hydrogen) atoms. The summed E-state index contributed by atoms with van der Waals surface area (Å²) in [5.74, 6) is -4.88. The Morgan fingerprint density at radius 1 is 1.35 bits per heavy atom. The standard InChI is InChI=1S/C24H26ClF3O6/c1-11(29)34-10-17(32)24(33)12(9-26)6-14-18-19(25)20(27)15-7-13(30)4-5-21(15,2)23(18,28)16(31)8-22(14,24)3/h4-5,7,9,14,16,18-20,31,33H,6,8,10H2,1-3H3/t14-,16-,18+,19-,20-,21-,22-,23+,24-/m0/s1. The predicted octanol–water partition coefficient (Wildman–Crippen LogP) is 2.85. The molecule has 0 heterocycles. The van der Waals surface area contributed by atoms with Crippen LogP contribution < -0.4 is 0 Å². The zero-order chi connectivity index (χ0) is 25.4. The summed E-state index contributed by atoms with van der Waals surface area (Å²) < 4.78 is 51.5. The van der Waals surface area contributed by atoms with E-state index in [0.717, 1.165) is 19.1 Å². The van der Waals surface area contributed by atoms with Gasteiger partial charge in [0.15, 0.2) is 23.7 Å². The number of esters is 1. The lowest BCUT2D eigenvalue weighted by molar-refractivity contribution is -0.219. The normalized spacial score (nSPS) is 48.6. The molecule has 4 aliphatic carbocycles. The number of fused-ring (bicyclic) bond motifs is 5. The maximum absolute atomic E-state index is 17.2. The first kappa shape index (κ1) is 25.1. The molecule has 0 aromatic heterocycles. The molecular weight excluding hydrogens is 477 g/mol. The van der Waals surface area contributed by atoms with Crippen LogP contribution in [0, 0.1) is 22.7 Å². The maximum atomic E-state index is 17.2. The molecule has 10 heteroatoms. The fourth-order valence-electron chi connectivity index (χ4n) is 6.94. The van der Waals surface area contributed by atoms with E-state index >= 15 is 8.78 Å². The van der Waals surface area contributed by atoms with Crippen LogP contribution in [-0.2, 0) is 19.1 Å². The highest BCUT2D eigenvalue weighted by molar-refractivity contribution is 6.22. The summed E-state index contributed by atoms with van der Waals surface area (Å²) in [6.07, 6.45) is -1.28. The summed E-state index contributed by atoms with van der Waals surface area (Å²) in [5, 5.41) is 21.2. The summed E-state index contributed by atoms with van der Waals surface area (Å²) >= 11 is 6.47. The van der Waals surface area contributed by atoms with Crippen molar-refractivity contribution in [3.8, 4) is 0 Å². The van der Waals surface area contributed by atoms with Gasteiger partial charge in [-0.2, -0.15) is 0 Å². The Kier molecular flexibility index (Phi) is 5.74. The molecule has 186 valence electrons. The van der Waals surface area contributed by atoms with Crippen molar-refractivity contribution in [3.05, 3.63) is 35.7 Å². The SMILES string of the molecule is CC(=O)OCC(=O)[C@@]1(O)C(=CF)C[C@H]2[C@@H]3[C@H](Cl)[C@@H](F)C4=CC(=O)C=C[C@]4(C)[C@@]3(F)[C@@H](O)C[C@@]21C. The molecule has 3 fully saturated rings. The Hall–Kier alpha value is -1.97. The Balaban J connectivity index is 1.87. The van der Waals surface area contributed by atoms with Gasteiger partial charge in [0.2, 0.25) is 5.78 Å². The molecule has 0 aromatic carbocycles. The van der Waals surface area contributed by atoms with Gasteiger partial charge in [0, 0.05) is 23.7 Å². The van der Waals surface area contributed by atoms with Crippen molar-refractivity contribution in [2.75, 3.05) is 6.61 Å². The zero-order valence-corrected chi connectivity index (χ0v) is 19.6. The molecule has 0 unspecified atom stereocenters. The third-order valence-corrected chi connectivity index (χ3v) is 9.20. The third kappa shape index (κ3) is 2.86. The number of rotatable bonds is 3. The minimum atomic E-state index is -2.58. The van der Waals surface area contributed by atoms with Crippen LogP contribution in [0.25, 0.3) is 0 Å². The number of carbonyl (C=O) groups excluding carboxylic acids is 3. The molecule has 6 nitrogen and oxygen atoms in total. The average molecular weight is 503 g/mol. The maximum Gasteiger partial charge on any atom is 0.303 e. The monoisotopic (exact) mass is 502 g/mol. The topological polar surface area (TPSA) is 101 Å². The van der Waals surface area contributed by atoms with E-state index < -0.39 is 82.2 Å². The van der Waals surface area contributed by atoms with E-state index in [0.29, 0.717) is 0 Å². The van der Waals surface area contributed by atoms with Crippen LogP contribution in [0.3, 0.4) is 0 Å². The predicted molar refractivity (Wildman–Crippen MR) is 115 cm³/mol. The molecular formula is C24H26ClF3O6. The minimum absolute atomic E-state index is 0.0484. The summed E-state index contributed by atoms with van der Waals surface area (Å²) in [6.45, 7) is 2.96. The van der Waals surface area contributed by atoms with Crippen LogP contribution in [0.15, 0.2) is 35.7 Å². The van der Waals surface area contributed by atoms with Crippen LogP contribution in [0.1, 0.15) is 33.6 Å². The van der Waals surface area contributed by atoms with Gasteiger partial charge in [-0.25, -0.2) is 13.2 Å². The molecule has 0 amide bonds. The van der Waals surface area contributed by atoms with Gasteiger partial charge in [0.1, 0.15) is 6.17 Å². The first-order valence-corrected chi connectivity index (χ1v) is 11.4. The molecule has 3 saturated carbocycles. The second kappa shape index (κ2) is 7.77. The Bertz CT molecular complexity index is 1060. The lowest BCUT2D eigenvalue weighted by atomic mass is 9.44. The van der Waals surface area contributed by atoms with Crippen molar-refractivity contribution in [3.63, 3.8) is 0 Å². The van der Waals surface area contributed by atoms with Gasteiger partial charge in [-0.15, -0.1) is 11.6 Å². The molecule has 0 saturated heterocycles. The van der Waals surface area contributed by atoms with Gasteiger partial charge < -0.3 is 14.9 Å². The smallest absolute Gasteiger partial charge is 0.303 e. The number of ketones is 2. The zero-order valence-electron chi connectivity index (χ0n) is 18.9. The number of carbonyl (C=O) groups is 3. The summed E-state index contributed by atoms with van der Waals surface area (Å²) in [4.78, 5) is 36.2. The van der Waals surface area contributed by atoms with Crippen molar-refractivity contribution in [1.82, 2.24) is 0 Å². The first-order chi connectivity index (χ1) is 15.7. The summed E-state index contributed by atoms with van der Waals surface area (Å²) in [6, 6.07) is 0. The highest BCUT2D eigenvalue weighted by Gasteiger charge is 2.78. The lowest BCUT2D eigenvalue weighted by Crippen LogP contribution is -2.73. The highest BCUT2D eigenvalue weighted by atomic mass is 35.5. The number of alkyl halides is 3. The van der Waals surface area contributed by atoms with Crippen LogP contribution >= 0.6 is 11.6 Å². The number of ether oxygens (including phenoxy) is 1. The number of aliphatic hydroxyl groups excluding tert-OH is 1. The van der Waals surface area contributed by atoms with E-state index in [-0.39, 0.29) is 23.9 Å². The molecule has 9 atom stereocenters. The van der Waals surface area contributed by atoms with Gasteiger partial charge in [-0.3, -0.25) is 14.4 Å². The van der Waals surface area contributed by atoms with E-state index in [9.17, 15) is 29.0 Å². The number of hydrogen-bond acceptors (Lipinski definition) is 6. The number of Topliss-reactive ketones (excluding diaryl/α,β-unsaturated/α-hetero) is 1. The number of aliphatic hydroxyl groups is 2. The summed E-state index contributed by atoms with van der Waals surface area (Å²) in [5.41, 5.74) is -9.08. The second-order valence-corrected chi connectivity index (χ2v) is 10.7. The Morgan fingerprint density at radius 3 is 2.59 bits per heavy atom. The quantitative estimate of drug-likeness (QED) is 0.454. The van der Waals surface area contributed by atoms with Crippen LogP contribution in [-0.4, -0.2) is 63.3 Å². The van der Waals surface area contributed by atoms with Gasteiger partial charge in [-0.05, 0) is 49.0 Å². The van der Waals surface area contributed by atoms with Crippen LogP contribution in [0.4, 0.5) is 13.2 Å². The number of halogens is 4. The van der Waals surface area contributed by atoms with Gasteiger partial charge >= 0.3 is 5.97 Å². The molecule has 0 spiro atoms. The van der Waals surface area contributed by atoms with E-state index in [1.165, 1.54) is 19.9 Å². The van der Waals surface area contributed by atoms with Gasteiger partial charge in [0.25, 0.3) is 0 Å². The fourth-order valence-corrected chi connectivity index (χ4v) is 7.43. The first-order valence-electron chi connectivity index (χ1n) is 11.0. The second-order valence-electron chi connectivity index (χ2n) is 10.2. The van der Waals surface area contributed by atoms with E-state index in [4.69, 9.17) is 16.3 Å². The molecule has 2 N–H and O–H groups in total. The molecule has 4 aliphatic rings.